The lowest BCUT2D eigenvalue weighted by molar-refractivity contribution is 0.0600. The Morgan fingerprint density at radius 1 is 1.27 bits per heavy atom. The molecular formula is C14H13FN2O4S. The fourth-order valence-electron chi connectivity index (χ4n) is 1.69. The van der Waals surface area contributed by atoms with Gasteiger partial charge in [0, 0.05) is 6.20 Å². The van der Waals surface area contributed by atoms with E-state index in [1.54, 1.807) is 0 Å². The number of aromatic nitrogens is 1. The number of carbonyl (C=O) groups is 1. The van der Waals surface area contributed by atoms with Crippen molar-refractivity contribution in [3.8, 4) is 0 Å². The highest BCUT2D eigenvalue weighted by Crippen LogP contribution is 2.10. The Morgan fingerprint density at radius 3 is 2.59 bits per heavy atom. The molecule has 0 atom stereocenters. The fourth-order valence-corrected chi connectivity index (χ4v) is 2.68. The van der Waals surface area contributed by atoms with Gasteiger partial charge in [0.05, 0.1) is 29.8 Å². The summed E-state index contributed by atoms with van der Waals surface area (Å²) in [5, 5.41) is 0. The molecule has 0 aliphatic carbocycles. The number of hydrogen-bond donors (Lipinski definition) is 1. The van der Waals surface area contributed by atoms with Gasteiger partial charge >= 0.3 is 5.97 Å². The zero-order valence-corrected chi connectivity index (χ0v) is 12.4. The number of ether oxygens (including phenoxy) is 1. The van der Waals surface area contributed by atoms with Crippen molar-refractivity contribution in [1.29, 1.82) is 0 Å². The molecule has 22 heavy (non-hydrogen) atoms. The molecule has 8 heteroatoms. The number of halogens is 1. The molecule has 0 radical (unpaired) electrons. The highest BCUT2D eigenvalue weighted by molar-refractivity contribution is 7.89. The van der Waals surface area contributed by atoms with E-state index >= 15 is 0 Å². The third-order valence-corrected chi connectivity index (χ3v) is 4.22. The lowest BCUT2D eigenvalue weighted by atomic mass is 10.2. The number of carbonyl (C=O) groups excluding carboxylic acids is 1. The third kappa shape index (κ3) is 3.86. The summed E-state index contributed by atoms with van der Waals surface area (Å²) in [7, 11) is -2.54. The number of nitrogens with one attached hydrogen (secondary N) is 1. The predicted octanol–water partition coefficient (Wildman–Crippen LogP) is 1.49. The highest BCUT2D eigenvalue weighted by atomic mass is 32.2. The molecule has 0 aliphatic rings. The van der Waals surface area contributed by atoms with Crippen molar-refractivity contribution in [2.75, 3.05) is 7.11 Å². The first-order chi connectivity index (χ1) is 10.4. The molecule has 1 aromatic heterocycles. The lowest BCUT2D eigenvalue weighted by Gasteiger charge is -2.07. The topological polar surface area (TPSA) is 85.4 Å². The quantitative estimate of drug-likeness (QED) is 0.842. The molecule has 0 saturated heterocycles. The number of esters is 1. The number of nitrogens with zero attached hydrogens (tertiary/aromatic N) is 1. The summed E-state index contributed by atoms with van der Waals surface area (Å²) >= 11 is 0. The maximum atomic E-state index is 12.8. The fraction of sp³-hybridized carbons (Fsp3) is 0.143. The molecule has 1 aromatic carbocycles. The van der Waals surface area contributed by atoms with E-state index in [4.69, 9.17) is 0 Å². The number of sulfonamides is 1. The second kappa shape index (κ2) is 6.63. The molecule has 0 amide bonds. The summed E-state index contributed by atoms with van der Waals surface area (Å²) in [6, 6.07) is 7.34. The van der Waals surface area contributed by atoms with Crippen molar-refractivity contribution in [3.05, 3.63) is 59.7 Å². The molecule has 0 saturated carbocycles. The Hall–Kier alpha value is -2.32. The minimum absolute atomic E-state index is 0.0574. The van der Waals surface area contributed by atoms with Crippen LogP contribution in [0.1, 0.15) is 16.1 Å². The molecule has 0 fully saturated rings. The minimum atomic E-state index is -3.79. The van der Waals surface area contributed by atoms with Gasteiger partial charge in [0.2, 0.25) is 10.0 Å². The maximum absolute atomic E-state index is 12.8. The molecule has 0 unspecified atom stereocenters. The Kier molecular flexibility index (Phi) is 4.84. The van der Waals surface area contributed by atoms with E-state index in [9.17, 15) is 17.6 Å². The van der Waals surface area contributed by atoms with Crippen LogP contribution in [-0.2, 0) is 21.3 Å². The number of pyridine rings is 1. The summed E-state index contributed by atoms with van der Waals surface area (Å²) in [4.78, 5) is 15.3. The van der Waals surface area contributed by atoms with Crippen LogP contribution in [0.15, 0.2) is 47.5 Å². The Morgan fingerprint density at radius 2 is 1.95 bits per heavy atom. The maximum Gasteiger partial charge on any atom is 0.337 e. The number of hydrogen-bond acceptors (Lipinski definition) is 5. The summed E-state index contributed by atoms with van der Waals surface area (Å²) in [5.41, 5.74) is 0.627. The summed E-state index contributed by atoms with van der Waals surface area (Å²) in [6.07, 6.45) is 1.38. The monoisotopic (exact) mass is 324 g/mol. The second-order valence-electron chi connectivity index (χ2n) is 4.31. The number of methoxy groups -OCH3 is 1. The van der Waals surface area contributed by atoms with Gasteiger partial charge < -0.3 is 4.74 Å². The smallest absolute Gasteiger partial charge is 0.337 e. The van der Waals surface area contributed by atoms with Crippen LogP contribution in [-0.4, -0.2) is 26.5 Å². The van der Waals surface area contributed by atoms with Crippen molar-refractivity contribution < 1.29 is 22.3 Å². The molecule has 1 N–H and O–H groups in total. The van der Waals surface area contributed by atoms with E-state index < -0.39 is 21.8 Å². The van der Waals surface area contributed by atoms with E-state index in [-0.39, 0.29) is 17.0 Å². The van der Waals surface area contributed by atoms with Crippen molar-refractivity contribution in [2.45, 2.75) is 11.4 Å². The van der Waals surface area contributed by atoms with Crippen LogP contribution >= 0.6 is 0 Å². The van der Waals surface area contributed by atoms with Gasteiger partial charge in [-0.05, 0) is 36.4 Å². The average molecular weight is 324 g/mol. The van der Waals surface area contributed by atoms with Gasteiger partial charge in [-0.3, -0.25) is 4.98 Å². The first-order valence-corrected chi connectivity index (χ1v) is 7.69. The Labute approximate surface area is 127 Å². The number of benzene rings is 1. The molecule has 6 nitrogen and oxygen atoms in total. The van der Waals surface area contributed by atoms with Crippen molar-refractivity contribution in [3.63, 3.8) is 0 Å². The van der Waals surface area contributed by atoms with Crippen molar-refractivity contribution >= 4 is 16.0 Å². The average Bonchev–Trinajstić information content (AvgIpc) is 2.53. The first kappa shape index (κ1) is 16.1. The van der Waals surface area contributed by atoms with Gasteiger partial charge in [0.1, 0.15) is 5.82 Å². The zero-order valence-electron chi connectivity index (χ0n) is 11.6. The SMILES string of the molecule is COC(=O)c1ccnc(CNS(=O)(=O)c2ccc(F)cc2)c1. The van der Waals surface area contributed by atoms with Gasteiger partial charge in [-0.1, -0.05) is 0 Å². The zero-order chi connectivity index (χ0) is 16.2. The van der Waals surface area contributed by atoms with Crippen molar-refractivity contribution in [2.24, 2.45) is 0 Å². The second-order valence-corrected chi connectivity index (χ2v) is 6.07. The molecular weight excluding hydrogens is 311 g/mol. The predicted molar refractivity (Wildman–Crippen MR) is 76.0 cm³/mol. The van der Waals surface area contributed by atoms with Gasteiger partial charge in [-0.25, -0.2) is 22.3 Å². The largest absolute Gasteiger partial charge is 0.465 e. The Balaban J connectivity index is 2.12. The molecule has 0 spiro atoms. The van der Waals surface area contributed by atoms with Crippen LogP contribution in [0.5, 0.6) is 0 Å². The van der Waals surface area contributed by atoms with E-state index in [0.29, 0.717) is 5.69 Å². The van der Waals surface area contributed by atoms with Gasteiger partial charge in [-0.15, -0.1) is 0 Å². The molecule has 116 valence electrons. The van der Waals surface area contributed by atoms with Crippen LogP contribution in [0.3, 0.4) is 0 Å². The van der Waals surface area contributed by atoms with E-state index in [1.807, 2.05) is 0 Å². The number of rotatable bonds is 5. The molecule has 1 heterocycles. The molecule has 2 aromatic rings. The third-order valence-electron chi connectivity index (χ3n) is 2.80. The van der Waals surface area contributed by atoms with E-state index in [0.717, 1.165) is 24.3 Å². The summed E-state index contributed by atoms with van der Waals surface area (Å²) in [6.45, 7) is -0.107. The van der Waals surface area contributed by atoms with Gasteiger partial charge in [-0.2, -0.15) is 0 Å². The molecule has 0 aliphatic heterocycles. The molecule has 2 rings (SSSR count). The minimum Gasteiger partial charge on any atom is -0.465 e. The van der Waals surface area contributed by atoms with Crippen LogP contribution in [0.4, 0.5) is 4.39 Å². The molecule has 0 bridgehead atoms. The van der Waals surface area contributed by atoms with Crippen LogP contribution < -0.4 is 4.72 Å². The lowest BCUT2D eigenvalue weighted by Crippen LogP contribution is -2.24. The van der Waals surface area contributed by atoms with E-state index in [1.165, 1.54) is 25.4 Å². The van der Waals surface area contributed by atoms with Crippen LogP contribution in [0.25, 0.3) is 0 Å². The van der Waals surface area contributed by atoms with E-state index in [2.05, 4.69) is 14.4 Å². The Bertz CT molecular complexity index is 776. The normalized spacial score (nSPS) is 11.2. The van der Waals surface area contributed by atoms with Crippen molar-refractivity contribution in [1.82, 2.24) is 9.71 Å². The van der Waals surface area contributed by atoms with Gasteiger partial charge in [0.25, 0.3) is 0 Å². The van der Waals surface area contributed by atoms with Gasteiger partial charge in [0.15, 0.2) is 0 Å². The van der Waals surface area contributed by atoms with Crippen LogP contribution in [0.2, 0.25) is 0 Å². The van der Waals surface area contributed by atoms with Crippen LogP contribution in [0, 0.1) is 5.82 Å². The summed E-state index contributed by atoms with van der Waals surface area (Å²) < 4.78 is 43.8. The highest BCUT2D eigenvalue weighted by Gasteiger charge is 2.14. The summed E-state index contributed by atoms with van der Waals surface area (Å²) in [5.74, 6) is -1.06. The first-order valence-electron chi connectivity index (χ1n) is 6.21. The standard InChI is InChI=1S/C14H13FN2O4S/c1-21-14(18)10-6-7-16-12(8-10)9-17-22(19,20)13-4-2-11(15)3-5-13/h2-8,17H,9H2,1H3.